The largest absolute Gasteiger partial charge is 0.463 e. The topological polar surface area (TPSA) is 113 Å². The molecule has 1 amide bonds. The third kappa shape index (κ3) is 3.91. The van der Waals surface area contributed by atoms with Gasteiger partial charge >= 0.3 is 5.97 Å². The van der Waals surface area contributed by atoms with Crippen LogP contribution in [0.5, 0.6) is 0 Å². The molecule has 0 radical (unpaired) electrons. The predicted molar refractivity (Wildman–Crippen MR) is 66.9 cm³/mol. The summed E-state index contributed by atoms with van der Waals surface area (Å²) in [4.78, 5) is 32.5. The van der Waals surface area contributed by atoms with Gasteiger partial charge in [0.2, 0.25) is 5.91 Å². The predicted octanol–water partition coefficient (Wildman–Crippen LogP) is 1.03. The van der Waals surface area contributed by atoms with Crippen LogP contribution in [-0.4, -0.2) is 23.4 Å². The molecule has 19 heavy (non-hydrogen) atoms. The van der Waals surface area contributed by atoms with E-state index in [2.05, 4.69) is 4.74 Å². The summed E-state index contributed by atoms with van der Waals surface area (Å²) in [6, 6.07) is 5.12. The van der Waals surface area contributed by atoms with E-state index in [0.717, 1.165) is 6.08 Å². The van der Waals surface area contributed by atoms with Crippen molar-refractivity contribution in [2.24, 2.45) is 5.73 Å². The first kappa shape index (κ1) is 14.4. The van der Waals surface area contributed by atoms with Gasteiger partial charge in [0, 0.05) is 18.2 Å². The van der Waals surface area contributed by atoms with Crippen LogP contribution in [0.15, 0.2) is 30.3 Å². The molecule has 1 aromatic carbocycles. The first-order valence-corrected chi connectivity index (χ1v) is 5.38. The van der Waals surface area contributed by atoms with Crippen LogP contribution in [0.1, 0.15) is 12.5 Å². The van der Waals surface area contributed by atoms with Crippen molar-refractivity contribution < 1.29 is 19.2 Å². The monoisotopic (exact) mass is 264 g/mol. The minimum Gasteiger partial charge on any atom is -0.463 e. The number of nitrogens with two attached hydrogens (primary N) is 1. The van der Waals surface area contributed by atoms with Gasteiger partial charge in [-0.05, 0) is 24.6 Å². The fourth-order valence-electron chi connectivity index (χ4n) is 1.36. The lowest BCUT2D eigenvalue weighted by atomic mass is 10.0. The number of ether oxygens (including phenoxy) is 1. The van der Waals surface area contributed by atoms with Crippen LogP contribution < -0.4 is 5.73 Å². The Labute approximate surface area is 108 Å². The Morgan fingerprint density at radius 3 is 2.37 bits per heavy atom. The van der Waals surface area contributed by atoms with Crippen molar-refractivity contribution in [3.8, 4) is 0 Å². The lowest BCUT2D eigenvalue weighted by molar-refractivity contribution is -0.384. The highest BCUT2D eigenvalue weighted by molar-refractivity contribution is 6.22. The van der Waals surface area contributed by atoms with Crippen molar-refractivity contribution in [1.82, 2.24) is 0 Å². The van der Waals surface area contributed by atoms with Crippen LogP contribution in [0, 0.1) is 10.1 Å². The van der Waals surface area contributed by atoms with Crippen LogP contribution >= 0.6 is 0 Å². The first-order valence-electron chi connectivity index (χ1n) is 5.38. The minimum atomic E-state index is -0.818. The zero-order valence-electron chi connectivity index (χ0n) is 10.2. The van der Waals surface area contributed by atoms with Gasteiger partial charge in [-0.15, -0.1) is 0 Å². The SMILES string of the molecule is CCOC(=O)/C=C(\C(N)=O)c1ccc([N+](=O)[O-])cc1. The lowest BCUT2D eigenvalue weighted by Gasteiger charge is -2.03. The number of nitro benzene ring substituents is 1. The maximum Gasteiger partial charge on any atom is 0.331 e. The second-order valence-corrected chi connectivity index (χ2v) is 3.48. The summed E-state index contributed by atoms with van der Waals surface area (Å²) in [6.45, 7) is 1.79. The molecule has 0 saturated carbocycles. The number of hydrogen-bond donors (Lipinski definition) is 1. The van der Waals surface area contributed by atoms with Crippen LogP contribution in [0.4, 0.5) is 5.69 Å². The number of esters is 1. The van der Waals surface area contributed by atoms with E-state index in [-0.39, 0.29) is 17.9 Å². The smallest absolute Gasteiger partial charge is 0.331 e. The second-order valence-electron chi connectivity index (χ2n) is 3.48. The number of amides is 1. The molecule has 0 saturated heterocycles. The molecule has 100 valence electrons. The molecule has 0 aliphatic heterocycles. The fourth-order valence-corrected chi connectivity index (χ4v) is 1.36. The van der Waals surface area contributed by atoms with Gasteiger partial charge in [0.1, 0.15) is 0 Å². The molecule has 0 atom stereocenters. The summed E-state index contributed by atoms with van der Waals surface area (Å²) >= 11 is 0. The van der Waals surface area contributed by atoms with E-state index < -0.39 is 16.8 Å². The maximum absolute atomic E-state index is 11.3. The molecule has 0 unspecified atom stereocenters. The molecule has 7 heteroatoms. The number of primary amides is 1. The summed E-state index contributed by atoms with van der Waals surface area (Å²) in [6.07, 6.45) is 0.965. The van der Waals surface area contributed by atoms with E-state index in [1.807, 2.05) is 0 Å². The van der Waals surface area contributed by atoms with Gasteiger partial charge in [0.15, 0.2) is 0 Å². The van der Waals surface area contributed by atoms with Gasteiger partial charge in [-0.25, -0.2) is 4.79 Å². The van der Waals surface area contributed by atoms with Crippen LogP contribution in [-0.2, 0) is 14.3 Å². The maximum atomic E-state index is 11.3. The number of nitro groups is 1. The van der Waals surface area contributed by atoms with E-state index in [1.54, 1.807) is 6.92 Å². The van der Waals surface area contributed by atoms with Crippen molar-refractivity contribution in [2.75, 3.05) is 6.61 Å². The average Bonchev–Trinajstić information content (AvgIpc) is 2.36. The molecule has 1 aromatic rings. The van der Waals surface area contributed by atoms with Crippen LogP contribution in [0.2, 0.25) is 0 Å². The summed E-state index contributed by atoms with van der Waals surface area (Å²) < 4.78 is 4.67. The summed E-state index contributed by atoms with van der Waals surface area (Å²) in [7, 11) is 0. The minimum absolute atomic E-state index is 0.0617. The van der Waals surface area contributed by atoms with Crippen molar-refractivity contribution in [3.63, 3.8) is 0 Å². The summed E-state index contributed by atoms with van der Waals surface area (Å²) in [5.74, 6) is -1.52. The molecule has 2 N–H and O–H groups in total. The average molecular weight is 264 g/mol. The van der Waals surface area contributed by atoms with E-state index in [1.165, 1.54) is 24.3 Å². The number of rotatable bonds is 5. The van der Waals surface area contributed by atoms with Gasteiger partial charge in [0.05, 0.1) is 17.1 Å². The van der Waals surface area contributed by atoms with Gasteiger partial charge < -0.3 is 10.5 Å². The van der Waals surface area contributed by atoms with E-state index >= 15 is 0 Å². The molecule has 7 nitrogen and oxygen atoms in total. The van der Waals surface area contributed by atoms with Crippen LogP contribution in [0.3, 0.4) is 0 Å². The Hall–Kier alpha value is -2.70. The van der Waals surface area contributed by atoms with Crippen molar-refractivity contribution in [1.29, 1.82) is 0 Å². The molecule has 0 aliphatic rings. The summed E-state index contributed by atoms with van der Waals surface area (Å²) in [5, 5.41) is 10.5. The van der Waals surface area contributed by atoms with Gasteiger partial charge in [-0.3, -0.25) is 14.9 Å². The van der Waals surface area contributed by atoms with Gasteiger partial charge in [-0.2, -0.15) is 0 Å². The highest BCUT2D eigenvalue weighted by Gasteiger charge is 2.13. The Morgan fingerprint density at radius 2 is 1.95 bits per heavy atom. The number of carbonyl (C=O) groups is 2. The Morgan fingerprint density at radius 1 is 1.37 bits per heavy atom. The third-order valence-corrected chi connectivity index (χ3v) is 2.20. The van der Waals surface area contributed by atoms with Gasteiger partial charge in [0.25, 0.3) is 5.69 Å². The van der Waals surface area contributed by atoms with E-state index in [0.29, 0.717) is 5.56 Å². The van der Waals surface area contributed by atoms with Crippen molar-refractivity contribution >= 4 is 23.1 Å². The quantitative estimate of drug-likeness (QED) is 0.369. The molecule has 0 heterocycles. The zero-order chi connectivity index (χ0) is 14.4. The molecule has 1 rings (SSSR count). The Bertz CT molecular complexity index is 534. The molecule has 0 bridgehead atoms. The lowest BCUT2D eigenvalue weighted by Crippen LogP contribution is -2.15. The Balaban J connectivity index is 3.10. The van der Waals surface area contributed by atoms with Gasteiger partial charge in [-0.1, -0.05) is 0 Å². The molecule has 0 spiro atoms. The highest BCUT2D eigenvalue weighted by atomic mass is 16.6. The molecule has 0 fully saturated rings. The van der Waals surface area contributed by atoms with E-state index in [9.17, 15) is 19.7 Å². The van der Waals surface area contributed by atoms with Crippen molar-refractivity contribution in [3.05, 3.63) is 46.0 Å². The number of hydrogen-bond acceptors (Lipinski definition) is 5. The first-order chi connectivity index (χ1) is 8.95. The third-order valence-electron chi connectivity index (χ3n) is 2.20. The molecular weight excluding hydrogens is 252 g/mol. The standard InChI is InChI=1S/C12H12N2O5/c1-2-19-11(15)7-10(12(13)16)8-3-5-9(6-4-8)14(17)18/h3-7H,2H2,1H3,(H2,13,16)/b10-7-. The highest BCUT2D eigenvalue weighted by Crippen LogP contribution is 2.18. The number of non-ortho nitro benzene ring substituents is 1. The number of carbonyl (C=O) groups excluding carboxylic acids is 2. The Kier molecular flexibility index (Phi) is 4.76. The molecule has 0 aromatic heterocycles. The summed E-state index contributed by atoms with van der Waals surface area (Å²) in [5.41, 5.74) is 5.29. The number of nitrogens with zero attached hydrogens (tertiary/aromatic N) is 1. The zero-order valence-corrected chi connectivity index (χ0v) is 10.2. The van der Waals surface area contributed by atoms with Crippen molar-refractivity contribution in [2.45, 2.75) is 6.92 Å². The second kappa shape index (κ2) is 6.29. The van der Waals surface area contributed by atoms with Crippen LogP contribution in [0.25, 0.3) is 5.57 Å². The number of benzene rings is 1. The van der Waals surface area contributed by atoms with E-state index in [4.69, 9.17) is 5.73 Å². The molecule has 0 aliphatic carbocycles. The molecular formula is C12H12N2O5. The fraction of sp³-hybridized carbons (Fsp3) is 0.167. The normalized spacial score (nSPS) is 10.9.